The Morgan fingerprint density at radius 2 is 1.53 bits per heavy atom. The molecule has 1 rings (SSSR count). The molecule has 0 atom stereocenters. The minimum Gasteiger partial charge on any atom is -0.494 e. The topological polar surface area (TPSA) is 35.2 Å². The molecule has 108 valence electrons. The predicted molar refractivity (Wildman–Crippen MR) is 87.1 cm³/mol. The van der Waals surface area contributed by atoms with E-state index in [0.29, 0.717) is 0 Å². The number of unbranched alkanes of at least 4 members (excludes halogenated alkanes) is 7. The molecule has 0 fully saturated rings. The third-order valence-corrected chi connectivity index (χ3v) is 3.50. The van der Waals surface area contributed by atoms with Crippen LogP contribution in [0.15, 0.2) is 24.3 Å². The van der Waals surface area contributed by atoms with Gasteiger partial charge < -0.3 is 10.5 Å². The van der Waals surface area contributed by atoms with Gasteiger partial charge in [-0.25, -0.2) is 0 Å². The summed E-state index contributed by atoms with van der Waals surface area (Å²) >= 11 is 4.22. The van der Waals surface area contributed by atoms with Gasteiger partial charge in [-0.05, 0) is 30.7 Å². The van der Waals surface area contributed by atoms with Crippen molar-refractivity contribution in [1.82, 2.24) is 0 Å². The summed E-state index contributed by atoms with van der Waals surface area (Å²) in [6.07, 6.45) is 10.4. The highest BCUT2D eigenvalue weighted by Gasteiger charge is 1.95. The SMILES string of the molecule is Nc1cccc(OCCCCCCCCCCS)c1. The van der Waals surface area contributed by atoms with E-state index in [0.717, 1.165) is 30.2 Å². The molecule has 0 heterocycles. The van der Waals surface area contributed by atoms with E-state index in [-0.39, 0.29) is 0 Å². The monoisotopic (exact) mass is 281 g/mol. The number of hydrogen-bond acceptors (Lipinski definition) is 3. The van der Waals surface area contributed by atoms with Crippen LogP contribution in [0, 0.1) is 0 Å². The average molecular weight is 281 g/mol. The predicted octanol–water partition coefficient (Wildman–Crippen LogP) is 4.70. The van der Waals surface area contributed by atoms with Crippen molar-refractivity contribution in [3.63, 3.8) is 0 Å². The van der Waals surface area contributed by atoms with Gasteiger partial charge in [-0.2, -0.15) is 12.6 Å². The summed E-state index contributed by atoms with van der Waals surface area (Å²) in [5.41, 5.74) is 6.46. The second kappa shape index (κ2) is 11.0. The lowest BCUT2D eigenvalue weighted by molar-refractivity contribution is 0.304. The molecule has 0 aliphatic carbocycles. The molecule has 0 aliphatic rings. The quantitative estimate of drug-likeness (QED) is 0.350. The molecule has 2 nitrogen and oxygen atoms in total. The van der Waals surface area contributed by atoms with Crippen LogP contribution in [0.25, 0.3) is 0 Å². The summed E-state index contributed by atoms with van der Waals surface area (Å²) in [6, 6.07) is 7.63. The van der Waals surface area contributed by atoms with Crippen LogP contribution in [0.1, 0.15) is 51.4 Å². The van der Waals surface area contributed by atoms with Crippen molar-refractivity contribution in [1.29, 1.82) is 0 Å². The van der Waals surface area contributed by atoms with Crippen LogP contribution < -0.4 is 10.5 Å². The highest BCUT2D eigenvalue weighted by Crippen LogP contribution is 2.15. The summed E-state index contributed by atoms with van der Waals surface area (Å²) in [4.78, 5) is 0. The highest BCUT2D eigenvalue weighted by atomic mass is 32.1. The molecule has 0 aliphatic heterocycles. The van der Waals surface area contributed by atoms with E-state index in [9.17, 15) is 0 Å². The van der Waals surface area contributed by atoms with Gasteiger partial charge in [0.25, 0.3) is 0 Å². The van der Waals surface area contributed by atoms with Crippen molar-refractivity contribution < 1.29 is 4.74 Å². The van der Waals surface area contributed by atoms with Gasteiger partial charge in [0.2, 0.25) is 0 Å². The van der Waals surface area contributed by atoms with Gasteiger partial charge in [0, 0.05) is 11.8 Å². The number of ether oxygens (including phenoxy) is 1. The first-order valence-electron chi connectivity index (χ1n) is 7.42. The van der Waals surface area contributed by atoms with Crippen LogP contribution in [-0.4, -0.2) is 12.4 Å². The Morgan fingerprint density at radius 1 is 0.895 bits per heavy atom. The summed E-state index contributed by atoms with van der Waals surface area (Å²) < 4.78 is 5.66. The molecule has 0 radical (unpaired) electrons. The Morgan fingerprint density at radius 3 is 2.16 bits per heavy atom. The van der Waals surface area contributed by atoms with E-state index >= 15 is 0 Å². The Hall–Kier alpha value is -0.830. The Kier molecular flexibility index (Phi) is 9.42. The highest BCUT2D eigenvalue weighted by molar-refractivity contribution is 7.80. The van der Waals surface area contributed by atoms with Gasteiger partial charge in [-0.1, -0.05) is 44.6 Å². The van der Waals surface area contributed by atoms with Gasteiger partial charge in [0.1, 0.15) is 5.75 Å². The summed E-state index contributed by atoms with van der Waals surface area (Å²) in [7, 11) is 0. The lowest BCUT2D eigenvalue weighted by Gasteiger charge is -2.06. The molecule has 1 aromatic carbocycles. The first kappa shape index (κ1) is 16.2. The molecule has 0 spiro atoms. The number of anilines is 1. The van der Waals surface area contributed by atoms with E-state index in [1.165, 1.54) is 44.9 Å². The number of nitrogens with two attached hydrogens (primary N) is 1. The van der Waals surface area contributed by atoms with Crippen LogP contribution in [0.2, 0.25) is 0 Å². The first-order chi connectivity index (χ1) is 9.33. The first-order valence-corrected chi connectivity index (χ1v) is 8.05. The third-order valence-electron chi connectivity index (χ3n) is 3.18. The lowest BCUT2D eigenvalue weighted by atomic mass is 10.1. The van der Waals surface area contributed by atoms with E-state index in [4.69, 9.17) is 10.5 Å². The second-order valence-electron chi connectivity index (χ2n) is 4.97. The zero-order valence-electron chi connectivity index (χ0n) is 11.8. The van der Waals surface area contributed by atoms with Crippen molar-refractivity contribution in [2.45, 2.75) is 51.4 Å². The van der Waals surface area contributed by atoms with Crippen molar-refractivity contribution in [3.05, 3.63) is 24.3 Å². The van der Waals surface area contributed by atoms with Gasteiger partial charge in [-0.3, -0.25) is 0 Å². The zero-order valence-corrected chi connectivity index (χ0v) is 12.7. The standard InChI is InChI=1S/C16H27NOS/c17-15-10-9-11-16(14-15)18-12-7-5-3-1-2-4-6-8-13-19/h9-11,14,19H,1-8,12-13,17H2. The Balaban J connectivity index is 1.89. The van der Waals surface area contributed by atoms with Crippen LogP contribution >= 0.6 is 12.6 Å². The summed E-state index contributed by atoms with van der Waals surface area (Å²) in [5.74, 6) is 1.91. The van der Waals surface area contributed by atoms with E-state index in [1.54, 1.807) is 0 Å². The third kappa shape index (κ3) is 8.82. The van der Waals surface area contributed by atoms with Gasteiger partial charge in [0.15, 0.2) is 0 Å². The summed E-state index contributed by atoms with van der Waals surface area (Å²) in [5, 5.41) is 0. The molecule has 19 heavy (non-hydrogen) atoms. The molecular formula is C16H27NOS. The molecule has 2 N–H and O–H groups in total. The van der Waals surface area contributed by atoms with Crippen LogP contribution in [0.5, 0.6) is 5.75 Å². The van der Waals surface area contributed by atoms with Gasteiger partial charge in [-0.15, -0.1) is 0 Å². The molecule has 0 unspecified atom stereocenters. The smallest absolute Gasteiger partial charge is 0.121 e. The van der Waals surface area contributed by atoms with Crippen molar-refractivity contribution in [3.8, 4) is 5.75 Å². The molecule has 0 saturated carbocycles. The lowest BCUT2D eigenvalue weighted by Crippen LogP contribution is -1.97. The Bertz CT molecular complexity index is 330. The fraction of sp³-hybridized carbons (Fsp3) is 0.625. The fourth-order valence-electron chi connectivity index (χ4n) is 2.07. The molecule has 0 bridgehead atoms. The minimum atomic E-state index is 0.763. The van der Waals surface area contributed by atoms with Crippen LogP contribution in [0.3, 0.4) is 0 Å². The number of hydrogen-bond donors (Lipinski definition) is 2. The largest absolute Gasteiger partial charge is 0.494 e. The number of nitrogen functional groups attached to an aromatic ring is 1. The van der Waals surface area contributed by atoms with E-state index in [2.05, 4.69) is 12.6 Å². The fourth-order valence-corrected chi connectivity index (χ4v) is 2.29. The molecule has 0 amide bonds. The maximum absolute atomic E-state index is 5.69. The van der Waals surface area contributed by atoms with E-state index in [1.807, 2.05) is 24.3 Å². The van der Waals surface area contributed by atoms with Crippen molar-refractivity contribution >= 4 is 18.3 Å². The van der Waals surface area contributed by atoms with E-state index < -0.39 is 0 Å². The average Bonchev–Trinajstić information content (AvgIpc) is 2.41. The molecule has 3 heteroatoms. The number of benzene rings is 1. The maximum atomic E-state index is 5.69. The molecule has 1 aromatic rings. The Labute approximate surface area is 123 Å². The number of rotatable bonds is 11. The minimum absolute atomic E-state index is 0.763. The molecular weight excluding hydrogens is 254 g/mol. The van der Waals surface area contributed by atoms with Crippen molar-refractivity contribution in [2.24, 2.45) is 0 Å². The molecule has 0 saturated heterocycles. The number of thiol groups is 1. The maximum Gasteiger partial charge on any atom is 0.121 e. The van der Waals surface area contributed by atoms with Crippen LogP contribution in [-0.2, 0) is 0 Å². The normalized spacial score (nSPS) is 10.6. The molecule has 0 aromatic heterocycles. The van der Waals surface area contributed by atoms with Gasteiger partial charge >= 0.3 is 0 Å². The zero-order chi connectivity index (χ0) is 13.8. The van der Waals surface area contributed by atoms with Crippen LogP contribution in [0.4, 0.5) is 5.69 Å². The van der Waals surface area contributed by atoms with Crippen molar-refractivity contribution in [2.75, 3.05) is 18.1 Å². The second-order valence-corrected chi connectivity index (χ2v) is 5.42. The van der Waals surface area contributed by atoms with Gasteiger partial charge in [0.05, 0.1) is 6.61 Å². The summed E-state index contributed by atoms with van der Waals surface area (Å²) in [6.45, 7) is 0.795.